The summed E-state index contributed by atoms with van der Waals surface area (Å²) in [5.74, 6) is 0. The van der Waals surface area contributed by atoms with E-state index in [4.69, 9.17) is 5.26 Å². The van der Waals surface area contributed by atoms with Gasteiger partial charge < -0.3 is 10.0 Å². The number of hydrogen-bond acceptors (Lipinski definition) is 3. The Morgan fingerprint density at radius 2 is 2.05 bits per heavy atom. The third-order valence-corrected chi connectivity index (χ3v) is 4.29. The van der Waals surface area contributed by atoms with E-state index in [1.165, 1.54) is 6.42 Å². The SMILES string of the molecule is CC(O)c1ccc(C#N)cc1N1CCCC(C)(C)CC1. The monoisotopic (exact) mass is 272 g/mol. The van der Waals surface area contributed by atoms with E-state index in [2.05, 4.69) is 24.8 Å². The molecule has 0 spiro atoms. The van der Waals surface area contributed by atoms with Crippen LogP contribution in [0.4, 0.5) is 5.69 Å². The Hall–Kier alpha value is -1.53. The highest BCUT2D eigenvalue weighted by Crippen LogP contribution is 2.34. The van der Waals surface area contributed by atoms with Gasteiger partial charge in [0.05, 0.1) is 17.7 Å². The van der Waals surface area contributed by atoms with Crippen LogP contribution in [-0.4, -0.2) is 18.2 Å². The van der Waals surface area contributed by atoms with E-state index in [9.17, 15) is 5.11 Å². The molecule has 1 unspecified atom stereocenters. The zero-order valence-electron chi connectivity index (χ0n) is 12.7. The first kappa shape index (κ1) is 14.9. The van der Waals surface area contributed by atoms with Gasteiger partial charge in [0.1, 0.15) is 0 Å². The molecule has 1 N–H and O–H groups in total. The fraction of sp³-hybridized carbons (Fsp3) is 0.588. The molecule has 0 aromatic heterocycles. The molecule has 1 aromatic rings. The average Bonchev–Trinajstić information content (AvgIpc) is 2.58. The van der Waals surface area contributed by atoms with Crippen LogP contribution in [0.2, 0.25) is 0 Å². The van der Waals surface area contributed by atoms with Gasteiger partial charge >= 0.3 is 0 Å². The number of hydrogen-bond donors (Lipinski definition) is 1. The molecule has 1 aliphatic heterocycles. The molecule has 3 nitrogen and oxygen atoms in total. The summed E-state index contributed by atoms with van der Waals surface area (Å²) in [5, 5.41) is 19.1. The second-order valence-corrected chi connectivity index (χ2v) is 6.57. The van der Waals surface area contributed by atoms with Crippen LogP contribution in [0.5, 0.6) is 0 Å². The molecule has 0 saturated carbocycles. The fourth-order valence-electron chi connectivity index (χ4n) is 2.90. The molecule has 1 saturated heterocycles. The van der Waals surface area contributed by atoms with Crippen molar-refractivity contribution in [2.24, 2.45) is 5.41 Å². The summed E-state index contributed by atoms with van der Waals surface area (Å²) in [6.45, 7) is 8.40. The number of rotatable bonds is 2. The summed E-state index contributed by atoms with van der Waals surface area (Å²) < 4.78 is 0. The van der Waals surface area contributed by atoms with Crippen molar-refractivity contribution in [1.82, 2.24) is 0 Å². The zero-order valence-corrected chi connectivity index (χ0v) is 12.7. The van der Waals surface area contributed by atoms with Crippen LogP contribution >= 0.6 is 0 Å². The van der Waals surface area contributed by atoms with E-state index in [-0.39, 0.29) is 0 Å². The minimum absolute atomic E-state index is 0.382. The van der Waals surface area contributed by atoms with Crippen LogP contribution in [0.1, 0.15) is 57.3 Å². The second-order valence-electron chi connectivity index (χ2n) is 6.57. The Morgan fingerprint density at radius 3 is 2.70 bits per heavy atom. The van der Waals surface area contributed by atoms with Crippen molar-refractivity contribution in [1.29, 1.82) is 5.26 Å². The molecule has 2 rings (SSSR count). The van der Waals surface area contributed by atoms with Crippen molar-refractivity contribution in [2.45, 2.75) is 46.1 Å². The number of benzene rings is 1. The Morgan fingerprint density at radius 1 is 1.30 bits per heavy atom. The van der Waals surface area contributed by atoms with Gasteiger partial charge in [0, 0.05) is 24.3 Å². The molecule has 20 heavy (non-hydrogen) atoms. The maximum Gasteiger partial charge on any atom is 0.0992 e. The van der Waals surface area contributed by atoms with E-state index in [0.717, 1.165) is 37.2 Å². The third-order valence-electron chi connectivity index (χ3n) is 4.29. The molecular formula is C17H24N2O. The Bertz CT molecular complexity index is 514. The van der Waals surface area contributed by atoms with Crippen molar-refractivity contribution in [3.8, 4) is 6.07 Å². The Labute approximate surface area is 121 Å². The summed E-state index contributed by atoms with van der Waals surface area (Å²) in [7, 11) is 0. The quantitative estimate of drug-likeness (QED) is 0.894. The van der Waals surface area contributed by atoms with Gasteiger partial charge in [-0.15, -0.1) is 0 Å². The number of anilines is 1. The van der Waals surface area contributed by atoms with Crippen molar-refractivity contribution < 1.29 is 5.11 Å². The largest absolute Gasteiger partial charge is 0.389 e. The maximum absolute atomic E-state index is 9.96. The predicted molar refractivity (Wildman–Crippen MR) is 81.6 cm³/mol. The van der Waals surface area contributed by atoms with Crippen molar-refractivity contribution in [3.63, 3.8) is 0 Å². The molecule has 0 aliphatic carbocycles. The zero-order chi connectivity index (χ0) is 14.8. The van der Waals surface area contributed by atoms with Gasteiger partial charge in [-0.05, 0) is 43.7 Å². The van der Waals surface area contributed by atoms with Crippen molar-refractivity contribution >= 4 is 5.69 Å². The van der Waals surface area contributed by atoms with Gasteiger partial charge in [-0.25, -0.2) is 0 Å². The van der Waals surface area contributed by atoms with Gasteiger partial charge in [-0.1, -0.05) is 19.9 Å². The highest BCUT2D eigenvalue weighted by atomic mass is 16.3. The van der Waals surface area contributed by atoms with Gasteiger partial charge in [-0.3, -0.25) is 0 Å². The molecule has 1 aliphatic rings. The Balaban J connectivity index is 2.33. The molecule has 0 amide bonds. The Kier molecular flexibility index (Phi) is 4.35. The second kappa shape index (κ2) is 5.85. The van der Waals surface area contributed by atoms with Crippen LogP contribution in [0.25, 0.3) is 0 Å². The number of aliphatic hydroxyl groups is 1. The van der Waals surface area contributed by atoms with E-state index in [0.29, 0.717) is 11.0 Å². The van der Waals surface area contributed by atoms with E-state index in [1.807, 2.05) is 12.1 Å². The van der Waals surface area contributed by atoms with Gasteiger partial charge in [-0.2, -0.15) is 5.26 Å². The molecule has 1 fully saturated rings. The molecule has 1 atom stereocenters. The number of aliphatic hydroxyl groups excluding tert-OH is 1. The van der Waals surface area contributed by atoms with Crippen molar-refractivity contribution in [2.75, 3.05) is 18.0 Å². The van der Waals surface area contributed by atoms with Crippen LogP contribution < -0.4 is 4.90 Å². The number of nitrogens with zero attached hydrogens (tertiary/aromatic N) is 2. The van der Waals surface area contributed by atoms with Crippen LogP contribution in [0, 0.1) is 16.7 Å². The van der Waals surface area contributed by atoms with Crippen molar-refractivity contribution in [3.05, 3.63) is 29.3 Å². The molecule has 1 aromatic carbocycles. The lowest BCUT2D eigenvalue weighted by molar-refractivity contribution is 0.199. The highest BCUT2D eigenvalue weighted by molar-refractivity contribution is 5.58. The third kappa shape index (κ3) is 3.32. The smallest absolute Gasteiger partial charge is 0.0992 e. The first-order valence-electron chi connectivity index (χ1n) is 7.40. The van der Waals surface area contributed by atoms with E-state index < -0.39 is 6.10 Å². The lowest BCUT2D eigenvalue weighted by Crippen LogP contribution is -2.26. The molecule has 0 radical (unpaired) electrons. The topological polar surface area (TPSA) is 47.3 Å². The lowest BCUT2D eigenvalue weighted by Gasteiger charge is -2.27. The molecule has 0 bridgehead atoms. The molecule has 1 heterocycles. The normalized spacial score (nSPS) is 20.1. The summed E-state index contributed by atoms with van der Waals surface area (Å²) >= 11 is 0. The first-order chi connectivity index (χ1) is 9.43. The predicted octanol–water partition coefficient (Wildman–Crippen LogP) is 3.63. The summed E-state index contributed by atoms with van der Waals surface area (Å²) in [6.07, 6.45) is 3.02. The molecular weight excluding hydrogens is 248 g/mol. The fourth-order valence-corrected chi connectivity index (χ4v) is 2.90. The van der Waals surface area contributed by atoms with Gasteiger partial charge in [0.25, 0.3) is 0 Å². The van der Waals surface area contributed by atoms with Gasteiger partial charge in [0.15, 0.2) is 0 Å². The summed E-state index contributed by atoms with van der Waals surface area (Å²) in [5.41, 5.74) is 2.99. The van der Waals surface area contributed by atoms with Gasteiger partial charge in [0.2, 0.25) is 0 Å². The molecule has 3 heteroatoms. The number of nitriles is 1. The standard InChI is InChI=1S/C17H24N2O/c1-13(20)15-6-5-14(12-18)11-16(15)19-9-4-7-17(2,3)8-10-19/h5-6,11,13,20H,4,7-10H2,1-3H3. The van der Waals surface area contributed by atoms with E-state index >= 15 is 0 Å². The lowest BCUT2D eigenvalue weighted by atomic mass is 9.85. The maximum atomic E-state index is 9.96. The highest BCUT2D eigenvalue weighted by Gasteiger charge is 2.24. The summed E-state index contributed by atoms with van der Waals surface area (Å²) in [4.78, 5) is 2.33. The minimum atomic E-state index is -0.506. The summed E-state index contributed by atoms with van der Waals surface area (Å²) in [6, 6.07) is 7.78. The molecule has 108 valence electrons. The average molecular weight is 272 g/mol. The van der Waals surface area contributed by atoms with Crippen LogP contribution in [-0.2, 0) is 0 Å². The van der Waals surface area contributed by atoms with Crippen LogP contribution in [0.15, 0.2) is 18.2 Å². The first-order valence-corrected chi connectivity index (χ1v) is 7.40. The van der Waals surface area contributed by atoms with E-state index in [1.54, 1.807) is 13.0 Å². The van der Waals surface area contributed by atoms with Crippen LogP contribution in [0.3, 0.4) is 0 Å². The minimum Gasteiger partial charge on any atom is -0.389 e.